The lowest BCUT2D eigenvalue weighted by molar-refractivity contribution is 0.0920. The minimum atomic E-state index is -0.0323. The summed E-state index contributed by atoms with van der Waals surface area (Å²) >= 11 is 3.39. The van der Waals surface area contributed by atoms with Crippen LogP contribution in [0.3, 0.4) is 0 Å². The third-order valence-electron chi connectivity index (χ3n) is 3.28. The summed E-state index contributed by atoms with van der Waals surface area (Å²) in [6.07, 6.45) is 0. The van der Waals surface area contributed by atoms with Gasteiger partial charge in [0.2, 0.25) is 5.78 Å². The number of ketones is 1. The Bertz CT molecular complexity index is 647. The van der Waals surface area contributed by atoms with Crippen molar-refractivity contribution in [2.24, 2.45) is 0 Å². The fraction of sp³-hybridized carbons (Fsp3) is 0.278. The van der Waals surface area contributed by atoms with Crippen LogP contribution in [0.1, 0.15) is 41.3 Å². The van der Waals surface area contributed by atoms with E-state index in [1.54, 1.807) is 6.07 Å². The van der Waals surface area contributed by atoms with E-state index in [1.165, 1.54) is 5.56 Å². The quantitative estimate of drug-likeness (QED) is 0.700. The van der Waals surface area contributed by atoms with Crippen LogP contribution in [0.25, 0.3) is 0 Å². The van der Waals surface area contributed by atoms with Gasteiger partial charge in [-0.3, -0.25) is 4.79 Å². The third kappa shape index (κ3) is 4.18. The Morgan fingerprint density at radius 2 is 1.90 bits per heavy atom. The average molecular weight is 347 g/mol. The molecular weight excluding hydrogens is 328 g/mol. The van der Waals surface area contributed by atoms with E-state index in [-0.39, 0.29) is 12.4 Å². The van der Waals surface area contributed by atoms with Gasteiger partial charge in [0.05, 0.1) is 0 Å². The van der Waals surface area contributed by atoms with Gasteiger partial charge in [-0.2, -0.15) is 0 Å². The number of carbonyl (C=O) groups excluding carboxylic acids is 1. The SMILES string of the molecule is Cc1cc(OCC(=O)c2ccccc2Br)cc(C(C)C)c1. The number of carbonyl (C=O) groups is 1. The summed E-state index contributed by atoms with van der Waals surface area (Å²) in [6.45, 7) is 6.37. The largest absolute Gasteiger partial charge is 0.485 e. The number of Topliss-reactive ketones (excluding diaryl/α,β-unsaturated/α-hetero) is 1. The molecule has 2 rings (SSSR count). The maximum Gasteiger partial charge on any atom is 0.201 e. The molecule has 0 atom stereocenters. The molecule has 0 aliphatic carbocycles. The van der Waals surface area contributed by atoms with Gasteiger partial charge in [0.1, 0.15) is 5.75 Å². The zero-order valence-corrected chi connectivity index (χ0v) is 14.1. The number of rotatable bonds is 5. The smallest absolute Gasteiger partial charge is 0.201 e. The Hall–Kier alpha value is -1.61. The van der Waals surface area contributed by atoms with Gasteiger partial charge in [-0.1, -0.05) is 54.0 Å². The van der Waals surface area contributed by atoms with Crippen LogP contribution in [-0.4, -0.2) is 12.4 Å². The van der Waals surface area contributed by atoms with Crippen LogP contribution in [0.5, 0.6) is 5.75 Å². The second kappa shape index (κ2) is 6.90. The number of hydrogen-bond donors (Lipinski definition) is 0. The molecular formula is C18H19BrO2. The van der Waals surface area contributed by atoms with Crippen LogP contribution in [0.15, 0.2) is 46.9 Å². The third-order valence-corrected chi connectivity index (χ3v) is 3.98. The molecule has 0 saturated heterocycles. The van der Waals surface area contributed by atoms with Crippen molar-refractivity contribution >= 4 is 21.7 Å². The van der Waals surface area contributed by atoms with Gasteiger partial charge in [0, 0.05) is 10.0 Å². The van der Waals surface area contributed by atoms with Crippen LogP contribution in [0, 0.1) is 6.92 Å². The molecule has 0 aliphatic heterocycles. The molecule has 110 valence electrons. The molecule has 2 aromatic carbocycles. The van der Waals surface area contributed by atoms with Crippen molar-refractivity contribution in [1.29, 1.82) is 0 Å². The highest BCUT2D eigenvalue weighted by atomic mass is 79.9. The molecule has 3 heteroatoms. The lowest BCUT2D eigenvalue weighted by atomic mass is 10.0. The monoisotopic (exact) mass is 346 g/mol. The molecule has 0 radical (unpaired) electrons. The first-order valence-electron chi connectivity index (χ1n) is 6.99. The number of ether oxygens (including phenoxy) is 1. The number of aryl methyl sites for hydroxylation is 1. The summed E-state index contributed by atoms with van der Waals surface area (Å²) in [5.41, 5.74) is 3.01. The summed E-state index contributed by atoms with van der Waals surface area (Å²) in [4.78, 5) is 12.2. The first kappa shape index (κ1) is 15.8. The summed E-state index contributed by atoms with van der Waals surface area (Å²) in [6, 6.07) is 13.5. The van der Waals surface area contributed by atoms with Crippen molar-refractivity contribution in [2.45, 2.75) is 26.7 Å². The molecule has 2 aromatic rings. The lowest BCUT2D eigenvalue weighted by Gasteiger charge is -2.11. The number of hydrogen-bond acceptors (Lipinski definition) is 2. The molecule has 0 unspecified atom stereocenters. The molecule has 0 heterocycles. The zero-order valence-electron chi connectivity index (χ0n) is 12.5. The second-order valence-electron chi connectivity index (χ2n) is 5.43. The maximum absolute atomic E-state index is 12.2. The Kier molecular flexibility index (Phi) is 5.18. The summed E-state index contributed by atoms with van der Waals surface area (Å²) in [7, 11) is 0. The highest BCUT2D eigenvalue weighted by Gasteiger charge is 2.11. The predicted molar refractivity (Wildman–Crippen MR) is 89.2 cm³/mol. The Morgan fingerprint density at radius 1 is 1.19 bits per heavy atom. The molecule has 0 aromatic heterocycles. The van der Waals surface area contributed by atoms with E-state index in [9.17, 15) is 4.79 Å². The van der Waals surface area contributed by atoms with Gasteiger partial charge in [-0.15, -0.1) is 0 Å². The van der Waals surface area contributed by atoms with E-state index >= 15 is 0 Å². The first-order chi connectivity index (χ1) is 9.97. The molecule has 0 N–H and O–H groups in total. The molecule has 2 nitrogen and oxygen atoms in total. The fourth-order valence-corrected chi connectivity index (χ4v) is 2.61. The molecule has 0 amide bonds. The first-order valence-corrected chi connectivity index (χ1v) is 7.79. The molecule has 0 bridgehead atoms. The van der Waals surface area contributed by atoms with Crippen molar-refractivity contribution in [3.63, 3.8) is 0 Å². The summed E-state index contributed by atoms with van der Waals surface area (Å²) in [5, 5.41) is 0. The molecule has 0 fully saturated rings. The average Bonchev–Trinajstić information content (AvgIpc) is 2.44. The normalized spacial score (nSPS) is 10.7. The second-order valence-corrected chi connectivity index (χ2v) is 6.28. The van der Waals surface area contributed by atoms with E-state index in [2.05, 4.69) is 35.8 Å². The highest BCUT2D eigenvalue weighted by molar-refractivity contribution is 9.10. The molecule has 21 heavy (non-hydrogen) atoms. The molecule has 0 spiro atoms. The minimum absolute atomic E-state index is 0.0323. The van der Waals surface area contributed by atoms with E-state index < -0.39 is 0 Å². The van der Waals surface area contributed by atoms with Gasteiger partial charge >= 0.3 is 0 Å². The van der Waals surface area contributed by atoms with Crippen LogP contribution < -0.4 is 4.74 Å². The standard InChI is InChI=1S/C18H19BrO2/c1-12(2)14-8-13(3)9-15(10-14)21-11-18(20)16-6-4-5-7-17(16)19/h4-10,12H,11H2,1-3H3. The molecule has 0 saturated carbocycles. The van der Waals surface area contributed by atoms with Crippen LogP contribution in [0.4, 0.5) is 0 Å². The summed E-state index contributed by atoms with van der Waals surface area (Å²) < 4.78 is 6.48. The van der Waals surface area contributed by atoms with Crippen molar-refractivity contribution < 1.29 is 9.53 Å². The Balaban J connectivity index is 2.10. The Morgan fingerprint density at radius 3 is 2.57 bits per heavy atom. The van der Waals surface area contributed by atoms with E-state index in [0.29, 0.717) is 11.5 Å². The summed E-state index contributed by atoms with van der Waals surface area (Å²) in [5.74, 6) is 1.15. The van der Waals surface area contributed by atoms with Crippen LogP contribution >= 0.6 is 15.9 Å². The van der Waals surface area contributed by atoms with Crippen molar-refractivity contribution in [2.75, 3.05) is 6.61 Å². The predicted octanol–water partition coefficient (Wildman–Crippen LogP) is 5.14. The van der Waals surface area contributed by atoms with E-state index in [1.807, 2.05) is 37.3 Å². The number of benzene rings is 2. The van der Waals surface area contributed by atoms with E-state index in [0.717, 1.165) is 15.8 Å². The lowest BCUT2D eigenvalue weighted by Crippen LogP contribution is -2.12. The van der Waals surface area contributed by atoms with Crippen molar-refractivity contribution in [1.82, 2.24) is 0 Å². The minimum Gasteiger partial charge on any atom is -0.485 e. The van der Waals surface area contributed by atoms with Gasteiger partial charge in [-0.25, -0.2) is 0 Å². The van der Waals surface area contributed by atoms with Gasteiger partial charge in [-0.05, 0) is 42.2 Å². The van der Waals surface area contributed by atoms with Gasteiger partial charge in [0.25, 0.3) is 0 Å². The topological polar surface area (TPSA) is 26.3 Å². The van der Waals surface area contributed by atoms with Crippen LogP contribution in [-0.2, 0) is 0 Å². The maximum atomic E-state index is 12.2. The van der Waals surface area contributed by atoms with Crippen molar-refractivity contribution in [3.05, 3.63) is 63.6 Å². The number of halogens is 1. The van der Waals surface area contributed by atoms with Gasteiger partial charge < -0.3 is 4.74 Å². The van der Waals surface area contributed by atoms with Crippen molar-refractivity contribution in [3.8, 4) is 5.75 Å². The Labute approximate surface area is 134 Å². The van der Waals surface area contributed by atoms with Crippen LogP contribution in [0.2, 0.25) is 0 Å². The van der Waals surface area contributed by atoms with Gasteiger partial charge in [0.15, 0.2) is 6.61 Å². The fourth-order valence-electron chi connectivity index (χ4n) is 2.11. The van der Waals surface area contributed by atoms with E-state index in [4.69, 9.17) is 4.74 Å². The molecule has 0 aliphatic rings. The highest BCUT2D eigenvalue weighted by Crippen LogP contribution is 2.23. The zero-order chi connectivity index (χ0) is 15.4.